The zero-order valence-corrected chi connectivity index (χ0v) is 14.9. The Hall–Kier alpha value is -3.42. The van der Waals surface area contributed by atoms with Crippen molar-refractivity contribution in [2.75, 3.05) is 0 Å². The van der Waals surface area contributed by atoms with E-state index in [9.17, 15) is 24.8 Å². The van der Waals surface area contributed by atoms with Crippen LogP contribution in [-0.4, -0.2) is 32.7 Å². The van der Waals surface area contributed by atoms with E-state index >= 15 is 0 Å². The number of carbonyl (C=O) groups excluding carboxylic acids is 2. The number of benzene rings is 1. The number of likely N-dealkylation sites (tertiary alicyclic amines) is 1. The molecule has 1 saturated carbocycles. The van der Waals surface area contributed by atoms with Gasteiger partial charge >= 0.3 is 0 Å². The minimum absolute atomic E-state index is 0.104. The number of amides is 1. The molecule has 1 unspecified atom stereocenters. The van der Waals surface area contributed by atoms with Crippen molar-refractivity contribution in [1.82, 2.24) is 4.90 Å². The highest BCUT2D eigenvalue weighted by Crippen LogP contribution is 2.43. The molecular weight excluding hydrogens is 364 g/mol. The van der Waals surface area contributed by atoms with Crippen molar-refractivity contribution in [1.29, 1.82) is 0 Å². The molecule has 4 rings (SSSR count). The summed E-state index contributed by atoms with van der Waals surface area (Å²) in [6.07, 6.45) is 4.92. The molecule has 1 N–H and O–H groups in total. The smallest absolute Gasteiger partial charge is 0.296 e. The largest absolute Gasteiger partial charge is 0.507 e. The molecule has 2 heterocycles. The second kappa shape index (κ2) is 6.95. The molecular formula is C20H18N2O6. The van der Waals surface area contributed by atoms with Crippen molar-refractivity contribution in [3.8, 4) is 0 Å². The van der Waals surface area contributed by atoms with Gasteiger partial charge in [-0.05, 0) is 25.0 Å². The molecule has 0 bridgehead atoms. The van der Waals surface area contributed by atoms with E-state index in [-0.39, 0.29) is 22.9 Å². The first-order chi connectivity index (χ1) is 13.5. The average molecular weight is 382 g/mol. The number of non-ortho nitro benzene ring substituents is 1. The number of carbonyl (C=O) groups is 2. The number of aliphatic hydroxyl groups is 1. The van der Waals surface area contributed by atoms with Crippen LogP contribution in [0, 0.1) is 10.1 Å². The first kappa shape index (κ1) is 18.0. The maximum absolute atomic E-state index is 12.8. The maximum Gasteiger partial charge on any atom is 0.296 e. The van der Waals surface area contributed by atoms with Crippen molar-refractivity contribution >= 4 is 23.1 Å². The normalized spacial score (nSPS) is 22.1. The van der Waals surface area contributed by atoms with E-state index in [1.54, 1.807) is 12.1 Å². The van der Waals surface area contributed by atoms with Gasteiger partial charge in [0.15, 0.2) is 0 Å². The highest BCUT2D eigenvalue weighted by Gasteiger charge is 2.50. The second-order valence-electron chi connectivity index (χ2n) is 6.97. The quantitative estimate of drug-likeness (QED) is 0.284. The van der Waals surface area contributed by atoms with Crippen LogP contribution in [0.5, 0.6) is 0 Å². The lowest BCUT2D eigenvalue weighted by atomic mass is 9.98. The summed E-state index contributed by atoms with van der Waals surface area (Å²) in [5.41, 5.74) is -0.217. The molecule has 8 nitrogen and oxygen atoms in total. The Kier molecular flexibility index (Phi) is 4.46. The number of aliphatic hydroxyl groups excluding tert-OH is 1. The van der Waals surface area contributed by atoms with Gasteiger partial charge in [-0.1, -0.05) is 25.0 Å². The SMILES string of the molecule is O=C1C(=O)N(C2CCCC2)C(c2ccco2)/C1=C(/O)c1cccc([N+](=O)[O-])c1. The third-order valence-corrected chi connectivity index (χ3v) is 5.34. The number of Topliss-reactive ketones (excluding diaryl/α,β-unsaturated/α-hetero) is 1. The van der Waals surface area contributed by atoms with E-state index in [0.717, 1.165) is 25.7 Å². The van der Waals surface area contributed by atoms with Gasteiger partial charge in [0.1, 0.15) is 17.6 Å². The van der Waals surface area contributed by atoms with Crippen LogP contribution in [0.15, 0.2) is 52.7 Å². The van der Waals surface area contributed by atoms with E-state index < -0.39 is 28.4 Å². The molecule has 1 amide bonds. The van der Waals surface area contributed by atoms with Crippen LogP contribution in [0.2, 0.25) is 0 Å². The highest BCUT2D eigenvalue weighted by molar-refractivity contribution is 6.46. The van der Waals surface area contributed by atoms with Crippen molar-refractivity contribution < 1.29 is 24.0 Å². The van der Waals surface area contributed by atoms with Crippen LogP contribution in [0.3, 0.4) is 0 Å². The van der Waals surface area contributed by atoms with Gasteiger partial charge in [0.2, 0.25) is 0 Å². The van der Waals surface area contributed by atoms with Gasteiger partial charge in [0, 0.05) is 23.7 Å². The van der Waals surface area contributed by atoms with Gasteiger partial charge in [-0.3, -0.25) is 19.7 Å². The summed E-state index contributed by atoms with van der Waals surface area (Å²) in [4.78, 5) is 37.6. The fourth-order valence-corrected chi connectivity index (χ4v) is 4.06. The minimum atomic E-state index is -0.850. The molecule has 1 aromatic carbocycles. The molecule has 2 aliphatic rings. The molecule has 1 aromatic heterocycles. The fourth-order valence-electron chi connectivity index (χ4n) is 4.06. The second-order valence-corrected chi connectivity index (χ2v) is 6.97. The predicted molar refractivity (Wildman–Crippen MR) is 98.2 cm³/mol. The van der Waals surface area contributed by atoms with Gasteiger partial charge < -0.3 is 14.4 Å². The number of hydrogen-bond donors (Lipinski definition) is 1. The summed E-state index contributed by atoms with van der Waals surface area (Å²) in [7, 11) is 0. The van der Waals surface area contributed by atoms with Gasteiger partial charge in [0.05, 0.1) is 16.8 Å². The molecule has 0 radical (unpaired) electrons. The molecule has 144 valence electrons. The van der Waals surface area contributed by atoms with Crippen molar-refractivity contribution in [3.05, 3.63) is 69.7 Å². The Bertz CT molecular complexity index is 972. The Labute approximate surface area is 160 Å². The topological polar surface area (TPSA) is 114 Å². The van der Waals surface area contributed by atoms with Crippen LogP contribution in [0.25, 0.3) is 5.76 Å². The lowest BCUT2D eigenvalue weighted by Gasteiger charge is -2.29. The Morgan fingerprint density at radius 3 is 2.57 bits per heavy atom. The molecule has 0 spiro atoms. The van der Waals surface area contributed by atoms with Crippen LogP contribution in [-0.2, 0) is 9.59 Å². The minimum Gasteiger partial charge on any atom is -0.507 e. The number of ketones is 1. The number of nitrogens with zero attached hydrogens (tertiary/aromatic N) is 2. The summed E-state index contributed by atoms with van der Waals surface area (Å²) >= 11 is 0. The lowest BCUT2D eigenvalue weighted by Crippen LogP contribution is -2.37. The van der Waals surface area contributed by atoms with Crippen LogP contribution in [0.4, 0.5) is 5.69 Å². The van der Waals surface area contributed by atoms with Crippen molar-refractivity contribution in [3.63, 3.8) is 0 Å². The number of nitro groups is 1. The number of hydrogen-bond acceptors (Lipinski definition) is 6. The Balaban J connectivity index is 1.86. The number of rotatable bonds is 4. The lowest BCUT2D eigenvalue weighted by molar-refractivity contribution is -0.384. The van der Waals surface area contributed by atoms with Crippen molar-refractivity contribution in [2.45, 2.75) is 37.8 Å². The summed E-state index contributed by atoms with van der Waals surface area (Å²) in [6.45, 7) is 0. The third-order valence-electron chi connectivity index (χ3n) is 5.34. The summed E-state index contributed by atoms with van der Waals surface area (Å²) < 4.78 is 5.48. The van der Waals surface area contributed by atoms with Gasteiger partial charge in [-0.15, -0.1) is 0 Å². The molecule has 1 saturated heterocycles. The van der Waals surface area contributed by atoms with E-state index in [1.807, 2.05) is 0 Å². The van der Waals surface area contributed by atoms with Crippen LogP contribution in [0.1, 0.15) is 43.0 Å². The Morgan fingerprint density at radius 2 is 1.93 bits per heavy atom. The average Bonchev–Trinajstić information content (AvgIpc) is 3.43. The number of furan rings is 1. The summed E-state index contributed by atoms with van der Waals surface area (Å²) in [5, 5.41) is 21.9. The van der Waals surface area contributed by atoms with Gasteiger partial charge in [-0.2, -0.15) is 0 Å². The van der Waals surface area contributed by atoms with Gasteiger partial charge in [0.25, 0.3) is 17.4 Å². The molecule has 1 aliphatic carbocycles. The molecule has 28 heavy (non-hydrogen) atoms. The predicted octanol–water partition coefficient (Wildman–Crippen LogP) is 3.55. The van der Waals surface area contributed by atoms with Crippen LogP contribution < -0.4 is 0 Å². The third kappa shape index (κ3) is 2.87. The standard InChI is InChI=1S/C20H18N2O6/c23-18(12-5-3-8-14(11-12)22(26)27)16-17(15-9-4-10-28-15)21(20(25)19(16)24)13-6-1-2-7-13/h3-5,8-11,13,17,23H,1-2,6-7H2/b18-16-. The zero-order chi connectivity index (χ0) is 19.8. The molecule has 1 atom stereocenters. The Morgan fingerprint density at radius 1 is 1.18 bits per heavy atom. The molecule has 2 fully saturated rings. The highest BCUT2D eigenvalue weighted by atomic mass is 16.6. The summed E-state index contributed by atoms with van der Waals surface area (Å²) in [6, 6.07) is 7.69. The number of nitro benzene ring substituents is 1. The van der Waals surface area contributed by atoms with E-state index in [1.165, 1.54) is 35.4 Å². The fraction of sp³-hybridized carbons (Fsp3) is 0.300. The van der Waals surface area contributed by atoms with Crippen molar-refractivity contribution in [2.24, 2.45) is 0 Å². The first-order valence-corrected chi connectivity index (χ1v) is 9.07. The van der Waals surface area contributed by atoms with Gasteiger partial charge in [-0.25, -0.2) is 0 Å². The van der Waals surface area contributed by atoms with E-state index in [0.29, 0.717) is 5.76 Å². The maximum atomic E-state index is 12.8. The molecule has 2 aromatic rings. The summed E-state index contributed by atoms with van der Waals surface area (Å²) in [5.74, 6) is -1.56. The first-order valence-electron chi connectivity index (χ1n) is 9.07. The van der Waals surface area contributed by atoms with E-state index in [4.69, 9.17) is 4.42 Å². The molecule has 1 aliphatic heterocycles. The van der Waals surface area contributed by atoms with E-state index in [2.05, 4.69) is 0 Å². The monoisotopic (exact) mass is 382 g/mol. The zero-order valence-electron chi connectivity index (χ0n) is 14.9. The van der Waals surface area contributed by atoms with Crippen LogP contribution >= 0.6 is 0 Å². The molecule has 8 heteroatoms.